The zero-order chi connectivity index (χ0) is 14.6. The van der Waals surface area contributed by atoms with Gasteiger partial charge in [-0.25, -0.2) is 0 Å². The van der Waals surface area contributed by atoms with E-state index in [-0.39, 0.29) is 11.6 Å². The Bertz CT molecular complexity index is 408. The van der Waals surface area contributed by atoms with Gasteiger partial charge in [0.15, 0.2) is 0 Å². The molecule has 0 spiro atoms. The Morgan fingerprint density at radius 1 is 1.30 bits per heavy atom. The van der Waals surface area contributed by atoms with Crippen molar-refractivity contribution >= 4 is 15.9 Å². The Balaban J connectivity index is 2.40. The molecule has 1 unspecified atom stereocenters. The highest BCUT2D eigenvalue weighted by atomic mass is 79.9. The molecule has 0 saturated heterocycles. The smallest absolute Gasteiger partial charge is 0.136 e. The molecule has 1 saturated carbocycles. The van der Waals surface area contributed by atoms with Crippen LogP contribution in [0.15, 0.2) is 21.2 Å². The number of nitrogens with zero attached hydrogens (tertiary/aromatic N) is 1. The van der Waals surface area contributed by atoms with E-state index in [9.17, 15) is 0 Å². The number of nitrogens with one attached hydrogen (secondary N) is 1. The molecular formula is C16H27BrN2O. The topological polar surface area (TPSA) is 28.4 Å². The minimum absolute atomic E-state index is 0.194. The minimum atomic E-state index is 0.194. The predicted molar refractivity (Wildman–Crippen MR) is 86.9 cm³/mol. The Morgan fingerprint density at radius 2 is 1.95 bits per heavy atom. The van der Waals surface area contributed by atoms with Crippen molar-refractivity contribution in [3.05, 3.63) is 22.6 Å². The highest BCUT2D eigenvalue weighted by Crippen LogP contribution is 2.46. The molecule has 2 rings (SSSR count). The van der Waals surface area contributed by atoms with Crippen molar-refractivity contribution in [3.63, 3.8) is 0 Å². The molecular weight excluding hydrogens is 316 g/mol. The van der Waals surface area contributed by atoms with Crippen LogP contribution in [0.1, 0.15) is 58.3 Å². The van der Waals surface area contributed by atoms with E-state index in [1.807, 2.05) is 6.07 Å². The summed E-state index contributed by atoms with van der Waals surface area (Å²) in [6.45, 7) is 9.86. The molecule has 0 radical (unpaired) electrons. The van der Waals surface area contributed by atoms with Gasteiger partial charge >= 0.3 is 0 Å². The van der Waals surface area contributed by atoms with Crippen LogP contribution in [0.5, 0.6) is 0 Å². The summed E-state index contributed by atoms with van der Waals surface area (Å²) in [4.78, 5) is 2.63. The molecule has 1 atom stereocenters. The monoisotopic (exact) mass is 342 g/mol. The van der Waals surface area contributed by atoms with Crippen molar-refractivity contribution < 1.29 is 4.42 Å². The second kappa shape index (κ2) is 7.10. The Morgan fingerprint density at radius 3 is 2.40 bits per heavy atom. The third kappa shape index (κ3) is 2.83. The summed E-state index contributed by atoms with van der Waals surface area (Å²) in [5.41, 5.74) is 0.194. The Labute approximate surface area is 131 Å². The first kappa shape index (κ1) is 16.1. The van der Waals surface area contributed by atoms with E-state index in [4.69, 9.17) is 4.42 Å². The third-order valence-electron chi connectivity index (χ3n) is 4.72. The van der Waals surface area contributed by atoms with Gasteiger partial charge in [-0.2, -0.15) is 0 Å². The highest BCUT2D eigenvalue weighted by Gasteiger charge is 2.47. The van der Waals surface area contributed by atoms with Crippen molar-refractivity contribution in [1.29, 1.82) is 0 Å². The van der Waals surface area contributed by atoms with Gasteiger partial charge in [0.25, 0.3) is 0 Å². The zero-order valence-corrected chi connectivity index (χ0v) is 14.5. The first-order valence-electron chi connectivity index (χ1n) is 7.90. The van der Waals surface area contributed by atoms with E-state index in [0.717, 1.165) is 29.9 Å². The molecule has 0 bridgehead atoms. The first-order valence-corrected chi connectivity index (χ1v) is 8.70. The van der Waals surface area contributed by atoms with Gasteiger partial charge in [-0.15, -0.1) is 0 Å². The number of halogens is 1. The van der Waals surface area contributed by atoms with Crippen LogP contribution in [0.25, 0.3) is 0 Å². The van der Waals surface area contributed by atoms with E-state index >= 15 is 0 Å². The van der Waals surface area contributed by atoms with Gasteiger partial charge < -0.3 is 9.73 Å². The summed E-state index contributed by atoms with van der Waals surface area (Å²) in [5.74, 6) is 1.06. The van der Waals surface area contributed by atoms with Crippen molar-refractivity contribution in [2.24, 2.45) is 0 Å². The van der Waals surface area contributed by atoms with Gasteiger partial charge in [0.1, 0.15) is 5.76 Å². The lowest BCUT2D eigenvalue weighted by atomic mass is 9.84. The maximum absolute atomic E-state index is 5.82. The fraction of sp³-hybridized carbons (Fsp3) is 0.750. The quantitative estimate of drug-likeness (QED) is 0.798. The van der Waals surface area contributed by atoms with Gasteiger partial charge in [0, 0.05) is 5.54 Å². The van der Waals surface area contributed by atoms with E-state index in [1.54, 1.807) is 6.26 Å². The van der Waals surface area contributed by atoms with E-state index in [2.05, 4.69) is 46.9 Å². The highest BCUT2D eigenvalue weighted by molar-refractivity contribution is 9.10. The van der Waals surface area contributed by atoms with Crippen LogP contribution in [0, 0.1) is 0 Å². The van der Waals surface area contributed by atoms with Crippen molar-refractivity contribution in [1.82, 2.24) is 10.2 Å². The molecule has 1 aromatic heterocycles. The largest absolute Gasteiger partial charge is 0.466 e. The van der Waals surface area contributed by atoms with Crippen LogP contribution in [-0.4, -0.2) is 30.1 Å². The predicted octanol–water partition coefficient (Wildman–Crippen LogP) is 4.35. The summed E-state index contributed by atoms with van der Waals surface area (Å²) in [7, 11) is 0. The van der Waals surface area contributed by atoms with Crippen LogP contribution in [0.3, 0.4) is 0 Å². The standard InChI is InChI=1S/C16H27BrN2O/c1-4-18-15(14-13(17)9-12-20-14)16(10-7-8-11-16)19(5-2)6-3/h9,12,15,18H,4-8,10-11H2,1-3H3. The molecule has 1 N–H and O–H groups in total. The third-order valence-corrected chi connectivity index (χ3v) is 5.37. The van der Waals surface area contributed by atoms with E-state index in [1.165, 1.54) is 25.7 Å². The lowest BCUT2D eigenvalue weighted by Gasteiger charge is -2.46. The molecule has 1 aliphatic carbocycles. The molecule has 0 amide bonds. The average Bonchev–Trinajstić information content (AvgIpc) is 3.08. The van der Waals surface area contributed by atoms with E-state index in [0.29, 0.717) is 0 Å². The van der Waals surface area contributed by atoms with E-state index < -0.39 is 0 Å². The number of furan rings is 1. The molecule has 1 heterocycles. The minimum Gasteiger partial charge on any atom is -0.466 e. The van der Waals surface area contributed by atoms with Gasteiger partial charge in [-0.1, -0.05) is 33.6 Å². The lowest BCUT2D eigenvalue weighted by molar-refractivity contribution is 0.0546. The van der Waals surface area contributed by atoms with Gasteiger partial charge in [0.2, 0.25) is 0 Å². The molecule has 114 valence electrons. The molecule has 1 fully saturated rings. The second-order valence-electron chi connectivity index (χ2n) is 5.61. The molecule has 4 heteroatoms. The maximum Gasteiger partial charge on any atom is 0.136 e. The molecule has 1 aliphatic rings. The molecule has 0 aromatic carbocycles. The van der Waals surface area contributed by atoms with Crippen LogP contribution < -0.4 is 5.32 Å². The normalized spacial score (nSPS) is 19.6. The van der Waals surface area contributed by atoms with Crippen molar-refractivity contribution in [2.75, 3.05) is 19.6 Å². The Hall–Kier alpha value is -0.320. The fourth-order valence-electron chi connectivity index (χ4n) is 3.87. The van der Waals surface area contributed by atoms with Gasteiger partial charge in [0.05, 0.1) is 16.8 Å². The molecule has 0 aliphatic heterocycles. The number of hydrogen-bond acceptors (Lipinski definition) is 3. The summed E-state index contributed by atoms with van der Waals surface area (Å²) in [6, 6.07) is 2.27. The first-order chi connectivity index (χ1) is 9.69. The number of rotatable bonds is 7. The SMILES string of the molecule is CCNC(c1occc1Br)C1(N(CC)CC)CCCC1. The summed E-state index contributed by atoms with van der Waals surface area (Å²) >= 11 is 3.65. The van der Waals surface area contributed by atoms with Crippen LogP contribution >= 0.6 is 15.9 Å². The molecule has 1 aromatic rings. The van der Waals surface area contributed by atoms with Crippen molar-refractivity contribution in [3.8, 4) is 0 Å². The van der Waals surface area contributed by atoms with Crippen LogP contribution in [0.2, 0.25) is 0 Å². The van der Waals surface area contributed by atoms with Gasteiger partial charge in [-0.3, -0.25) is 4.90 Å². The maximum atomic E-state index is 5.82. The lowest BCUT2D eigenvalue weighted by Crippen LogP contribution is -2.55. The fourth-order valence-corrected chi connectivity index (χ4v) is 4.30. The zero-order valence-electron chi connectivity index (χ0n) is 12.9. The number of likely N-dealkylation sites (N-methyl/N-ethyl adjacent to an activating group) is 2. The molecule has 20 heavy (non-hydrogen) atoms. The van der Waals surface area contributed by atoms with Gasteiger partial charge in [-0.05, 0) is 54.5 Å². The Kier molecular flexibility index (Phi) is 5.70. The van der Waals surface area contributed by atoms with Crippen LogP contribution in [-0.2, 0) is 0 Å². The second-order valence-corrected chi connectivity index (χ2v) is 6.46. The molecule has 3 nitrogen and oxygen atoms in total. The van der Waals surface area contributed by atoms with Crippen LogP contribution in [0.4, 0.5) is 0 Å². The number of hydrogen-bond donors (Lipinski definition) is 1. The average molecular weight is 343 g/mol. The summed E-state index contributed by atoms with van der Waals surface area (Å²) in [6.07, 6.45) is 6.92. The summed E-state index contributed by atoms with van der Waals surface area (Å²) < 4.78 is 6.90. The van der Waals surface area contributed by atoms with Crippen molar-refractivity contribution in [2.45, 2.75) is 58.0 Å². The summed E-state index contributed by atoms with van der Waals surface area (Å²) in [5, 5.41) is 3.69.